The molecule has 0 aliphatic heterocycles. The maximum Gasteiger partial charge on any atom is 0.132 e. The molecule has 2 aromatic rings. The molecule has 0 saturated carbocycles. The molecule has 0 aliphatic carbocycles. The van der Waals surface area contributed by atoms with Crippen LogP contribution in [0.4, 0.5) is 0 Å². The lowest BCUT2D eigenvalue weighted by Gasteiger charge is -2.30. The van der Waals surface area contributed by atoms with Crippen molar-refractivity contribution in [1.29, 1.82) is 0 Å². The van der Waals surface area contributed by atoms with E-state index in [0.717, 1.165) is 12.8 Å². The van der Waals surface area contributed by atoms with Crippen molar-refractivity contribution < 1.29 is 9.84 Å². The third-order valence-electron chi connectivity index (χ3n) is 3.42. The van der Waals surface area contributed by atoms with E-state index in [9.17, 15) is 5.11 Å². The minimum Gasteiger partial charge on any atom is -0.381 e. The van der Waals surface area contributed by atoms with Crippen molar-refractivity contribution >= 4 is 23.2 Å². The third kappa shape index (κ3) is 4.46. The summed E-state index contributed by atoms with van der Waals surface area (Å²) >= 11 is 12.2. The highest BCUT2D eigenvalue weighted by Crippen LogP contribution is 2.32. The number of hydrogen-bond donors (Lipinski definition) is 1. The highest BCUT2D eigenvalue weighted by Gasteiger charge is 2.32. The molecular weight excluding hydrogens is 323 g/mol. The summed E-state index contributed by atoms with van der Waals surface area (Å²) < 4.78 is 7.45. The molecule has 0 radical (unpaired) electrons. The smallest absolute Gasteiger partial charge is 0.132 e. The van der Waals surface area contributed by atoms with Gasteiger partial charge in [0.2, 0.25) is 0 Å². The molecule has 2 rings (SSSR count). The fourth-order valence-electron chi connectivity index (χ4n) is 2.25. The van der Waals surface area contributed by atoms with E-state index in [2.05, 4.69) is 11.9 Å². The number of aromatic nitrogens is 2. The highest BCUT2D eigenvalue weighted by atomic mass is 35.5. The third-order valence-corrected chi connectivity index (χ3v) is 3.97. The number of imidazole rings is 1. The van der Waals surface area contributed by atoms with Crippen LogP contribution in [0.5, 0.6) is 0 Å². The van der Waals surface area contributed by atoms with Crippen LogP contribution < -0.4 is 0 Å². The molecule has 1 atom stereocenters. The second-order valence-electron chi connectivity index (χ2n) is 5.30. The van der Waals surface area contributed by atoms with Crippen LogP contribution in [0.3, 0.4) is 0 Å². The summed E-state index contributed by atoms with van der Waals surface area (Å²) in [5, 5.41) is 12.1. The van der Waals surface area contributed by atoms with Gasteiger partial charge in [-0.15, -0.1) is 0 Å². The molecule has 0 spiro atoms. The van der Waals surface area contributed by atoms with E-state index < -0.39 is 5.60 Å². The fraction of sp³-hybridized carbons (Fsp3) is 0.438. The van der Waals surface area contributed by atoms with Crippen LogP contribution in [0.1, 0.15) is 25.3 Å². The Hall–Kier alpha value is -1.07. The van der Waals surface area contributed by atoms with E-state index in [1.54, 1.807) is 41.5 Å². The molecule has 0 fully saturated rings. The molecule has 1 unspecified atom stereocenters. The first-order valence-electron chi connectivity index (χ1n) is 7.26. The van der Waals surface area contributed by atoms with Crippen molar-refractivity contribution in [3.05, 3.63) is 52.5 Å². The number of aliphatic hydroxyl groups is 1. The van der Waals surface area contributed by atoms with Gasteiger partial charge in [0, 0.05) is 34.6 Å². The van der Waals surface area contributed by atoms with Crippen molar-refractivity contribution in [3.63, 3.8) is 0 Å². The molecule has 1 N–H and O–H groups in total. The first-order chi connectivity index (χ1) is 10.5. The lowest BCUT2D eigenvalue weighted by Crippen LogP contribution is -2.36. The number of unbranched alkanes of at least 4 members (excludes halogenated alkanes) is 1. The Morgan fingerprint density at radius 1 is 1.36 bits per heavy atom. The van der Waals surface area contributed by atoms with Gasteiger partial charge in [-0.25, -0.2) is 4.98 Å². The Balaban J connectivity index is 2.23. The Labute approximate surface area is 140 Å². The zero-order chi connectivity index (χ0) is 16.0. The topological polar surface area (TPSA) is 47.3 Å². The predicted octanol–water partition coefficient (Wildman–Crippen LogP) is 3.89. The molecule has 0 aliphatic rings. The molecule has 1 heterocycles. The number of ether oxygens (including phenoxy) is 1. The lowest BCUT2D eigenvalue weighted by molar-refractivity contribution is -0.0626. The number of halogens is 2. The average molecular weight is 343 g/mol. The van der Waals surface area contributed by atoms with Crippen LogP contribution in [-0.2, 0) is 16.9 Å². The molecule has 0 amide bonds. The van der Waals surface area contributed by atoms with E-state index in [4.69, 9.17) is 27.9 Å². The molecule has 4 nitrogen and oxygen atoms in total. The predicted molar refractivity (Wildman–Crippen MR) is 88.3 cm³/mol. The quantitative estimate of drug-likeness (QED) is 0.740. The molecule has 120 valence electrons. The fourth-order valence-corrected chi connectivity index (χ4v) is 2.83. The van der Waals surface area contributed by atoms with E-state index >= 15 is 0 Å². The Bertz CT molecular complexity index is 590. The minimum atomic E-state index is -1.24. The van der Waals surface area contributed by atoms with Crippen molar-refractivity contribution in [3.8, 4) is 0 Å². The molecule has 6 heteroatoms. The average Bonchev–Trinajstić information content (AvgIpc) is 2.96. The zero-order valence-electron chi connectivity index (χ0n) is 12.5. The van der Waals surface area contributed by atoms with Crippen molar-refractivity contribution in [2.75, 3.05) is 13.2 Å². The Morgan fingerprint density at radius 3 is 2.82 bits per heavy atom. The van der Waals surface area contributed by atoms with E-state index in [1.807, 2.05) is 0 Å². The van der Waals surface area contributed by atoms with Gasteiger partial charge in [0.05, 0.1) is 19.5 Å². The van der Waals surface area contributed by atoms with Gasteiger partial charge in [0.25, 0.3) is 0 Å². The van der Waals surface area contributed by atoms with Gasteiger partial charge >= 0.3 is 0 Å². The number of benzene rings is 1. The van der Waals surface area contributed by atoms with Crippen LogP contribution in [0.15, 0.2) is 36.9 Å². The molecule has 0 bridgehead atoms. The minimum absolute atomic E-state index is 0.159. The van der Waals surface area contributed by atoms with Crippen LogP contribution >= 0.6 is 23.2 Å². The van der Waals surface area contributed by atoms with E-state index in [0.29, 0.717) is 28.8 Å². The van der Waals surface area contributed by atoms with Gasteiger partial charge in [-0.2, -0.15) is 0 Å². The molecule has 0 saturated heterocycles. The van der Waals surface area contributed by atoms with Gasteiger partial charge < -0.3 is 14.4 Å². The number of nitrogens with zero attached hydrogens (tertiary/aromatic N) is 2. The van der Waals surface area contributed by atoms with Gasteiger partial charge in [0.15, 0.2) is 0 Å². The maximum absolute atomic E-state index is 11.1. The van der Waals surface area contributed by atoms with Crippen LogP contribution in [0, 0.1) is 0 Å². The second kappa shape index (κ2) is 7.97. The first kappa shape index (κ1) is 17.3. The van der Waals surface area contributed by atoms with Gasteiger partial charge in [-0.3, -0.25) is 0 Å². The van der Waals surface area contributed by atoms with Crippen LogP contribution in [0.25, 0.3) is 0 Å². The summed E-state index contributed by atoms with van der Waals surface area (Å²) in [6.45, 7) is 3.16. The van der Waals surface area contributed by atoms with Gasteiger partial charge in [0.1, 0.15) is 5.60 Å². The highest BCUT2D eigenvalue weighted by molar-refractivity contribution is 6.35. The van der Waals surface area contributed by atoms with Crippen molar-refractivity contribution in [2.24, 2.45) is 0 Å². The lowest BCUT2D eigenvalue weighted by atomic mass is 9.94. The summed E-state index contributed by atoms with van der Waals surface area (Å²) in [5.41, 5.74) is -0.639. The largest absolute Gasteiger partial charge is 0.381 e. The van der Waals surface area contributed by atoms with Crippen molar-refractivity contribution in [1.82, 2.24) is 9.55 Å². The summed E-state index contributed by atoms with van der Waals surface area (Å²) in [6, 6.07) is 5.09. The Morgan fingerprint density at radius 2 is 2.18 bits per heavy atom. The van der Waals surface area contributed by atoms with E-state index in [-0.39, 0.29) is 6.61 Å². The molecule has 22 heavy (non-hydrogen) atoms. The van der Waals surface area contributed by atoms with Crippen LogP contribution in [-0.4, -0.2) is 27.9 Å². The maximum atomic E-state index is 11.1. The summed E-state index contributed by atoms with van der Waals surface area (Å²) in [6.07, 6.45) is 7.11. The number of hydrogen-bond acceptors (Lipinski definition) is 3. The normalized spacial score (nSPS) is 14.0. The second-order valence-corrected chi connectivity index (χ2v) is 6.14. The molecular formula is C16H20Cl2N2O2. The number of rotatable bonds is 8. The molecule has 1 aromatic heterocycles. The monoisotopic (exact) mass is 342 g/mol. The van der Waals surface area contributed by atoms with Gasteiger partial charge in [-0.1, -0.05) is 42.6 Å². The first-order valence-corrected chi connectivity index (χ1v) is 8.02. The Kier molecular flexibility index (Phi) is 6.26. The summed E-state index contributed by atoms with van der Waals surface area (Å²) in [5.74, 6) is 0. The van der Waals surface area contributed by atoms with Crippen LogP contribution in [0.2, 0.25) is 10.0 Å². The summed E-state index contributed by atoms with van der Waals surface area (Å²) in [7, 11) is 0. The SMILES string of the molecule is CCCCOCC(O)(Cn1ccnc1)c1ccc(Cl)cc1Cl. The zero-order valence-corrected chi connectivity index (χ0v) is 14.0. The standard InChI is InChI=1S/C16H20Cl2N2O2/c1-2-3-8-22-11-16(21,10-20-7-6-19-12-20)14-5-4-13(17)9-15(14)18/h4-7,9,12,21H,2-3,8,10-11H2,1H3. The van der Waals surface area contributed by atoms with Gasteiger partial charge in [-0.05, 0) is 18.6 Å². The summed E-state index contributed by atoms with van der Waals surface area (Å²) in [4.78, 5) is 4.00. The van der Waals surface area contributed by atoms with E-state index in [1.165, 1.54) is 0 Å². The van der Waals surface area contributed by atoms with Crippen molar-refractivity contribution in [2.45, 2.75) is 31.9 Å². The molecule has 1 aromatic carbocycles.